The quantitative estimate of drug-likeness (QED) is 0.872. The molecule has 4 heterocycles. The van der Waals surface area contributed by atoms with Crippen LogP contribution in [0.25, 0.3) is 5.65 Å². The summed E-state index contributed by atoms with van der Waals surface area (Å²) in [5.41, 5.74) is 7.00. The third-order valence-corrected chi connectivity index (χ3v) is 4.92. The molecule has 0 aromatic carbocycles. The van der Waals surface area contributed by atoms with E-state index in [1.165, 1.54) is 12.8 Å². The number of halogens is 1. The molecule has 2 fully saturated rings. The first-order valence-corrected chi connectivity index (χ1v) is 7.56. The summed E-state index contributed by atoms with van der Waals surface area (Å²) in [7, 11) is 0. The molecule has 2 saturated heterocycles. The van der Waals surface area contributed by atoms with Gasteiger partial charge in [-0.25, -0.2) is 4.52 Å². The van der Waals surface area contributed by atoms with Gasteiger partial charge in [0.05, 0.1) is 4.47 Å². The van der Waals surface area contributed by atoms with Crippen molar-refractivity contribution in [1.82, 2.24) is 14.6 Å². The number of hydrogen-bond acceptors (Lipinski definition) is 4. The van der Waals surface area contributed by atoms with Crippen LogP contribution in [0.4, 0.5) is 5.95 Å². The lowest BCUT2D eigenvalue weighted by Crippen LogP contribution is -2.48. The molecule has 2 unspecified atom stereocenters. The van der Waals surface area contributed by atoms with Crippen molar-refractivity contribution in [2.45, 2.75) is 43.8 Å². The summed E-state index contributed by atoms with van der Waals surface area (Å²) in [6, 6.07) is 5.34. The molecule has 2 atom stereocenters. The number of aromatic nitrogens is 3. The fourth-order valence-electron chi connectivity index (χ4n) is 3.52. The molecule has 5 nitrogen and oxygen atoms in total. The van der Waals surface area contributed by atoms with Gasteiger partial charge in [0.2, 0.25) is 5.95 Å². The summed E-state index contributed by atoms with van der Waals surface area (Å²) < 4.78 is 2.82. The first-order valence-electron chi connectivity index (χ1n) is 6.77. The number of rotatable bonds is 1. The average molecular weight is 322 g/mol. The van der Waals surface area contributed by atoms with Crippen LogP contribution in [-0.2, 0) is 0 Å². The van der Waals surface area contributed by atoms with Crippen LogP contribution in [0.2, 0.25) is 0 Å². The van der Waals surface area contributed by atoms with Gasteiger partial charge in [0.15, 0.2) is 5.65 Å². The maximum absolute atomic E-state index is 6.11. The maximum atomic E-state index is 6.11. The molecule has 2 aliphatic rings. The topological polar surface area (TPSA) is 59.5 Å². The van der Waals surface area contributed by atoms with Gasteiger partial charge in [-0.15, -0.1) is 5.10 Å². The second-order valence-corrected chi connectivity index (χ2v) is 6.41. The molecule has 2 aromatic heterocycles. The fourth-order valence-corrected chi connectivity index (χ4v) is 3.94. The molecular weight excluding hydrogens is 306 g/mol. The van der Waals surface area contributed by atoms with E-state index in [4.69, 9.17) is 10.7 Å². The van der Waals surface area contributed by atoms with E-state index in [2.05, 4.69) is 25.9 Å². The van der Waals surface area contributed by atoms with Gasteiger partial charge in [-0.2, -0.15) is 4.98 Å². The number of nitrogens with two attached hydrogens (primary N) is 1. The second-order valence-electron chi connectivity index (χ2n) is 5.56. The lowest BCUT2D eigenvalue weighted by molar-refractivity contribution is 0.409. The molecule has 2 aliphatic heterocycles. The number of pyridine rings is 1. The molecule has 0 aliphatic carbocycles. The van der Waals surface area contributed by atoms with Crippen molar-refractivity contribution >= 4 is 27.5 Å². The van der Waals surface area contributed by atoms with E-state index in [0.29, 0.717) is 18.1 Å². The van der Waals surface area contributed by atoms with Crippen LogP contribution >= 0.6 is 15.9 Å². The van der Waals surface area contributed by atoms with Crippen molar-refractivity contribution in [2.24, 2.45) is 5.73 Å². The minimum Gasteiger partial charge on any atom is -0.333 e. The highest BCUT2D eigenvalue weighted by atomic mass is 79.9. The second kappa shape index (κ2) is 4.18. The lowest BCUT2D eigenvalue weighted by atomic mass is 9.99. The Morgan fingerprint density at radius 3 is 2.68 bits per heavy atom. The lowest BCUT2D eigenvalue weighted by Gasteiger charge is -2.36. The molecule has 0 amide bonds. The van der Waals surface area contributed by atoms with E-state index in [-0.39, 0.29) is 0 Å². The predicted molar refractivity (Wildman–Crippen MR) is 77.2 cm³/mol. The normalized spacial score (nSPS) is 30.2. The van der Waals surface area contributed by atoms with E-state index in [0.717, 1.165) is 28.9 Å². The number of hydrogen-bond donors (Lipinski definition) is 1. The van der Waals surface area contributed by atoms with E-state index < -0.39 is 0 Å². The molecular formula is C13H16BrN5. The Balaban J connectivity index is 1.77. The van der Waals surface area contributed by atoms with Gasteiger partial charge < -0.3 is 10.6 Å². The highest BCUT2D eigenvalue weighted by molar-refractivity contribution is 9.10. The summed E-state index contributed by atoms with van der Waals surface area (Å²) in [5, 5.41) is 4.62. The molecule has 100 valence electrons. The molecule has 0 radical (unpaired) electrons. The highest BCUT2D eigenvalue weighted by Gasteiger charge is 2.41. The Kier molecular flexibility index (Phi) is 2.57. The zero-order valence-electron chi connectivity index (χ0n) is 10.5. The number of nitrogens with zero attached hydrogens (tertiary/aromatic N) is 4. The SMILES string of the molecule is NC1CC2CCC(C1)N2c1nc2c(Br)cccn2n1. The Morgan fingerprint density at radius 2 is 2.00 bits per heavy atom. The predicted octanol–water partition coefficient (Wildman–Crippen LogP) is 1.95. The van der Waals surface area contributed by atoms with Gasteiger partial charge in [0.1, 0.15) is 0 Å². The maximum Gasteiger partial charge on any atom is 0.246 e. The highest BCUT2D eigenvalue weighted by Crippen LogP contribution is 2.37. The molecule has 0 spiro atoms. The number of piperidine rings is 1. The van der Waals surface area contributed by atoms with Crippen LogP contribution in [0, 0.1) is 0 Å². The summed E-state index contributed by atoms with van der Waals surface area (Å²) in [5.74, 6) is 0.853. The van der Waals surface area contributed by atoms with E-state index in [9.17, 15) is 0 Å². The average Bonchev–Trinajstić information content (AvgIpc) is 2.90. The zero-order chi connectivity index (χ0) is 13.0. The van der Waals surface area contributed by atoms with Crippen LogP contribution in [0.1, 0.15) is 25.7 Å². The van der Waals surface area contributed by atoms with Crippen LogP contribution in [0.3, 0.4) is 0 Å². The van der Waals surface area contributed by atoms with E-state index in [1.54, 1.807) is 0 Å². The Bertz CT molecular complexity index is 611. The molecule has 2 bridgehead atoms. The summed E-state index contributed by atoms with van der Waals surface area (Å²) >= 11 is 3.53. The summed E-state index contributed by atoms with van der Waals surface area (Å²) in [4.78, 5) is 7.08. The Hall–Kier alpha value is -1.14. The first-order chi connectivity index (χ1) is 9.22. The van der Waals surface area contributed by atoms with Crippen molar-refractivity contribution in [3.05, 3.63) is 22.8 Å². The van der Waals surface area contributed by atoms with E-state index >= 15 is 0 Å². The van der Waals surface area contributed by atoms with Gasteiger partial charge in [-0.1, -0.05) is 0 Å². The Labute approximate surface area is 119 Å². The molecule has 2 N–H and O–H groups in total. The summed E-state index contributed by atoms with van der Waals surface area (Å²) in [6.07, 6.45) is 6.50. The van der Waals surface area contributed by atoms with Gasteiger partial charge in [-0.05, 0) is 53.7 Å². The molecule has 2 aromatic rings. The zero-order valence-corrected chi connectivity index (χ0v) is 12.1. The molecule has 19 heavy (non-hydrogen) atoms. The van der Waals surface area contributed by atoms with Crippen LogP contribution in [0.15, 0.2) is 22.8 Å². The molecule has 4 rings (SSSR count). The largest absolute Gasteiger partial charge is 0.333 e. The van der Waals surface area contributed by atoms with Gasteiger partial charge >= 0.3 is 0 Å². The molecule has 6 heteroatoms. The summed E-state index contributed by atoms with van der Waals surface area (Å²) in [6.45, 7) is 0. The van der Waals surface area contributed by atoms with Gasteiger partial charge in [-0.3, -0.25) is 0 Å². The van der Waals surface area contributed by atoms with Crippen molar-refractivity contribution in [2.75, 3.05) is 4.90 Å². The Morgan fingerprint density at radius 1 is 1.26 bits per heavy atom. The van der Waals surface area contributed by atoms with Crippen molar-refractivity contribution in [1.29, 1.82) is 0 Å². The van der Waals surface area contributed by atoms with Gasteiger partial charge in [0, 0.05) is 24.3 Å². The van der Waals surface area contributed by atoms with Crippen LogP contribution in [-0.4, -0.2) is 32.7 Å². The standard InChI is InChI=1S/C13H16BrN5/c14-11-2-1-5-18-12(11)16-13(17-18)19-9-3-4-10(19)7-8(15)6-9/h1-2,5,8-10H,3-4,6-7,15H2. The third-order valence-electron chi connectivity index (χ3n) is 4.30. The smallest absolute Gasteiger partial charge is 0.246 e. The van der Waals surface area contributed by atoms with Crippen molar-refractivity contribution in [3.8, 4) is 0 Å². The minimum absolute atomic E-state index is 0.345. The molecule has 0 saturated carbocycles. The van der Waals surface area contributed by atoms with Crippen molar-refractivity contribution in [3.63, 3.8) is 0 Å². The minimum atomic E-state index is 0.345. The van der Waals surface area contributed by atoms with Crippen LogP contribution in [0.5, 0.6) is 0 Å². The number of anilines is 1. The van der Waals surface area contributed by atoms with E-state index in [1.807, 2.05) is 22.8 Å². The van der Waals surface area contributed by atoms with Crippen LogP contribution < -0.4 is 10.6 Å². The third kappa shape index (κ3) is 1.77. The number of fused-ring (bicyclic) bond motifs is 3. The monoisotopic (exact) mass is 321 g/mol. The fraction of sp³-hybridized carbons (Fsp3) is 0.538. The first kappa shape index (κ1) is 11.7. The van der Waals surface area contributed by atoms with Gasteiger partial charge in [0.25, 0.3) is 0 Å². The van der Waals surface area contributed by atoms with Crippen molar-refractivity contribution < 1.29 is 0 Å².